The third kappa shape index (κ3) is 4.71. The van der Waals surface area contributed by atoms with Crippen molar-refractivity contribution in [2.45, 2.75) is 32.8 Å². The second kappa shape index (κ2) is 5.82. The topological polar surface area (TPSA) is 75.4 Å². The van der Waals surface area contributed by atoms with E-state index in [2.05, 4.69) is 5.32 Å². The van der Waals surface area contributed by atoms with Gasteiger partial charge in [0.2, 0.25) is 0 Å². The Kier molecular flexibility index (Phi) is 4.67. The number of nitro benzene ring substituents is 1. The predicted molar refractivity (Wildman–Crippen MR) is 71.7 cm³/mol. The summed E-state index contributed by atoms with van der Waals surface area (Å²) < 4.78 is 0. The molecular formula is C13H20N2O3. The SMILES string of the molecule is CC(C)CC(C)(O)CNc1cccc([N+](=O)[O-])c1. The van der Waals surface area contributed by atoms with Gasteiger partial charge in [0.1, 0.15) is 0 Å². The highest BCUT2D eigenvalue weighted by atomic mass is 16.6. The molecule has 1 unspecified atom stereocenters. The van der Waals surface area contributed by atoms with E-state index >= 15 is 0 Å². The minimum absolute atomic E-state index is 0.0449. The Morgan fingerprint density at radius 1 is 1.50 bits per heavy atom. The first-order valence-electron chi connectivity index (χ1n) is 6.01. The van der Waals surface area contributed by atoms with Crippen LogP contribution in [-0.2, 0) is 0 Å². The van der Waals surface area contributed by atoms with Crippen molar-refractivity contribution >= 4 is 11.4 Å². The number of anilines is 1. The van der Waals surface area contributed by atoms with Gasteiger partial charge in [-0.2, -0.15) is 0 Å². The molecule has 0 aliphatic carbocycles. The smallest absolute Gasteiger partial charge is 0.271 e. The van der Waals surface area contributed by atoms with Crippen molar-refractivity contribution in [3.05, 3.63) is 34.4 Å². The van der Waals surface area contributed by atoms with E-state index in [9.17, 15) is 15.2 Å². The highest BCUT2D eigenvalue weighted by molar-refractivity contribution is 5.51. The molecule has 1 atom stereocenters. The summed E-state index contributed by atoms with van der Waals surface area (Å²) in [6.45, 7) is 6.22. The number of nitrogens with zero attached hydrogens (tertiary/aromatic N) is 1. The summed E-state index contributed by atoms with van der Waals surface area (Å²) in [5.74, 6) is 0.395. The van der Waals surface area contributed by atoms with E-state index in [0.29, 0.717) is 24.6 Å². The molecule has 1 aromatic carbocycles. The Morgan fingerprint density at radius 2 is 2.17 bits per heavy atom. The van der Waals surface area contributed by atoms with Gasteiger partial charge in [0.05, 0.1) is 10.5 Å². The van der Waals surface area contributed by atoms with E-state index in [1.54, 1.807) is 19.1 Å². The third-order valence-electron chi connectivity index (χ3n) is 2.58. The molecule has 0 aromatic heterocycles. The summed E-state index contributed by atoms with van der Waals surface area (Å²) in [6.07, 6.45) is 0.676. The fourth-order valence-electron chi connectivity index (χ4n) is 1.97. The van der Waals surface area contributed by atoms with Crippen LogP contribution in [0.5, 0.6) is 0 Å². The number of non-ortho nitro benzene ring substituents is 1. The standard InChI is InChI=1S/C13H20N2O3/c1-10(2)8-13(3,16)9-14-11-5-4-6-12(7-11)15(17)18/h4-7,10,14,16H,8-9H2,1-3H3. The molecule has 0 heterocycles. The highest BCUT2D eigenvalue weighted by Gasteiger charge is 2.21. The number of hydrogen-bond acceptors (Lipinski definition) is 4. The van der Waals surface area contributed by atoms with E-state index < -0.39 is 10.5 Å². The third-order valence-corrected chi connectivity index (χ3v) is 2.58. The first-order chi connectivity index (χ1) is 8.30. The lowest BCUT2D eigenvalue weighted by molar-refractivity contribution is -0.384. The van der Waals surface area contributed by atoms with Gasteiger partial charge >= 0.3 is 0 Å². The number of aliphatic hydroxyl groups is 1. The molecule has 0 saturated carbocycles. The fourth-order valence-corrected chi connectivity index (χ4v) is 1.97. The summed E-state index contributed by atoms with van der Waals surface area (Å²) in [4.78, 5) is 10.2. The van der Waals surface area contributed by atoms with Gasteiger partial charge < -0.3 is 10.4 Å². The molecule has 18 heavy (non-hydrogen) atoms. The van der Waals surface area contributed by atoms with Crippen molar-refractivity contribution in [1.29, 1.82) is 0 Å². The van der Waals surface area contributed by atoms with Gasteiger partial charge in [-0.25, -0.2) is 0 Å². The highest BCUT2D eigenvalue weighted by Crippen LogP contribution is 2.20. The van der Waals surface area contributed by atoms with Gasteiger partial charge in [-0.05, 0) is 25.3 Å². The number of nitrogens with one attached hydrogen (secondary N) is 1. The number of nitro groups is 1. The minimum Gasteiger partial charge on any atom is -0.388 e. The lowest BCUT2D eigenvalue weighted by Crippen LogP contribution is -2.34. The Balaban J connectivity index is 2.63. The van der Waals surface area contributed by atoms with Crippen LogP contribution in [0, 0.1) is 16.0 Å². The fraction of sp³-hybridized carbons (Fsp3) is 0.538. The van der Waals surface area contributed by atoms with E-state index in [0.717, 1.165) is 0 Å². The van der Waals surface area contributed by atoms with E-state index in [-0.39, 0.29) is 5.69 Å². The molecule has 5 heteroatoms. The van der Waals surface area contributed by atoms with Gasteiger partial charge in [0.15, 0.2) is 0 Å². The van der Waals surface area contributed by atoms with E-state index in [1.807, 2.05) is 13.8 Å². The van der Waals surface area contributed by atoms with Crippen LogP contribution in [0.3, 0.4) is 0 Å². The molecule has 1 rings (SSSR count). The minimum atomic E-state index is -0.821. The first kappa shape index (κ1) is 14.4. The van der Waals surface area contributed by atoms with Crippen molar-refractivity contribution in [1.82, 2.24) is 0 Å². The number of benzene rings is 1. The van der Waals surface area contributed by atoms with Crippen LogP contribution in [0.4, 0.5) is 11.4 Å². The van der Waals surface area contributed by atoms with Crippen LogP contribution in [0.1, 0.15) is 27.2 Å². The van der Waals surface area contributed by atoms with Crippen molar-refractivity contribution in [2.24, 2.45) is 5.92 Å². The molecule has 1 aromatic rings. The van der Waals surface area contributed by atoms with Gasteiger partial charge in [0.25, 0.3) is 5.69 Å². The molecule has 0 radical (unpaired) electrons. The summed E-state index contributed by atoms with van der Waals surface area (Å²) in [5, 5.41) is 23.8. The average molecular weight is 252 g/mol. The maximum Gasteiger partial charge on any atom is 0.271 e. The molecule has 0 aliphatic heterocycles. The van der Waals surface area contributed by atoms with Gasteiger partial charge in [-0.15, -0.1) is 0 Å². The van der Waals surface area contributed by atoms with Crippen LogP contribution in [0.2, 0.25) is 0 Å². The quantitative estimate of drug-likeness (QED) is 0.603. The summed E-state index contributed by atoms with van der Waals surface area (Å²) >= 11 is 0. The van der Waals surface area contributed by atoms with E-state index in [1.165, 1.54) is 12.1 Å². The number of hydrogen-bond donors (Lipinski definition) is 2. The molecule has 0 aliphatic rings. The zero-order valence-corrected chi connectivity index (χ0v) is 11.0. The van der Waals surface area contributed by atoms with Crippen molar-refractivity contribution in [3.8, 4) is 0 Å². The van der Waals surface area contributed by atoms with Crippen LogP contribution < -0.4 is 5.32 Å². The average Bonchev–Trinajstić information content (AvgIpc) is 2.25. The Bertz CT molecular complexity index is 416. The molecular weight excluding hydrogens is 232 g/mol. The first-order valence-corrected chi connectivity index (χ1v) is 6.01. The maximum absolute atomic E-state index is 10.6. The summed E-state index contributed by atoms with van der Waals surface area (Å²) in [6, 6.07) is 6.28. The predicted octanol–water partition coefficient (Wildman–Crippen LogP) is 2.80. The second-order valence-electron chi connectivity index (χ2n) is 5.26. The lowest BCUT2D eigenvalue weighted by Gasteiger charge is -2.26. The zero-order chi connectivity index (χ0) is 13.8. The zero-order valence-electron chi connectivity index (χ0n) is 11.0. The Hall–Kier alpha value is -1.62. The van der Waals surface area contributed by atoms with E-state index in [4.69, 9.17) is 0 Å². The summed E-state index contributed by atoms with van der Waals surface area (Å²) in [5.41, 5.74) is -0.129. The van der Waals surface area contributed by atoms with Gasteiger partial charge in [0, 0.05) is 24.4 Å². The van der Waals surface area contributed by atoms with Crippen molar-refractivity contribution in [2.75, 3.05) is 11.9 Å². The van der Waals surface area contributed by atoms with Crippen molar-refractivity contribution < 1.29 is 10.0 Å². The molecule has 0 fully saturated rings. The largest absolute Gasteiger partial charge is 0.388 e. The van der Waals surface area contributed by atoms with Crippen LogP contribution in [0.15, 0.2) is 24.3 Å². The monoisotopic (exact) mass is 252 g/mol. The molecule has 5 nitrogen and oxygen atoms in total. The van der Waals surface area contributed by atoms with Gasteiger partial charge in [-0.3, -0.25) is 10.1 Å². The second-order valence-corrected chi connectivity index (χ2v) is 5.26. The molecule has 2 N–H and O–H groups in total. The Morgan fingerprint density at radius 3 is 2.72 bits per heavy atom. The summed E-state index contributed by atoms with van der Waals surface area (Å²) in [7, 11) is 0. The Labute approximate surface area is 107 Å². The normalized spacial score (nSPS) is 14.3. The lowest BCUT2D eigenvalue weighted by atomic mass is 9.94. The van der Waals surface area contributed by atoms with Crippen molar-refractivity contribution in [3.63, 3.8) is 0 Å². The molecule has 100 valence electrons. The molecule has 0 bridgehead atoms. The van der Waals surface area contributed by atoms with Crippen LogP contribution >= 0.6 is 0 Å². The molecule has 0 saturated heterocycles. The maximum atomic E-state index is 10.6. The van der Waals surface area contributed by atoms with Crippen LogP contribution in [-0.4, -0.2) is 22.2 Å². The number of rotatable bonds is 6. The molecule has 0 spiro atoms. The van der Waals surface area contributed by atoms with Gasteiger partial charge in [-0.1, -0.05) is 19.9 Å². The van der Waals surface area contributed by atoms with Crippen LogP contribution in [0.25, 0.3) is 0 Å². The molecule has 0 amide bonds.